The smallest absolute Gasteiger partial charge is 0.283 e. The van der Waals surface area contributed by atoms with Gasteiger partial charge < -0.3 is 4.57 Å². The van der Waals surface area contributed by atoms with Gasteiger partial charge in [0, 0.05) is 43.4 Å². The number of nitrogens with zero attached hydrogens (tertiary/aromatic N) is 7. The zero-order chi connectivity index (χ0) is 29.7. The maximum atomic E-state index is 13.8. The average Bonchev–Trinajstić information content (AvgIpc) is 3.54. The number of hydrogen-bond donors (Lipinski definition) is 1. The first-order valence-electron chi connectivity index (χ1n) is 12.6. The quantitative estimate of drug-likeness (QED) is 0.210. The lowest BCUT2D eigenvalue weighted by molar-refractivity contribution is -0.387. The molecule has 216 valence electrons. The van der Waals surface area contributed by atoms with Gasteiger partial charge in [-0.1, -0.05) is 26.8 Å². The lowest BCUT2D eigenvalue weighted by Crippen LogP contribution is -2.46. The molecule has 2 bridgehead atoms. The maximum Gasteiger partial charge on any atom is 0.283 e. The average molecular weight is 601 g/mol. The highest BCUT2D eigenvalue weighted by Gasteiger charge is 2.60. The van der Waals surface area contributed by atoms with E-state index in [-0.39, 0.29) is 38.8 Å². The molecule has 1 N–H and O–H groups in total. The molecule has 2 heterocycles. The molecule has 1 saturated carbocycles. The van der Waals surface area contributed by atoms with Gasteiger partial charge in [-0.2, -0.15) is 9.41 Å². The molecule has 1 saturated heterocycles. The molecule has 14 nitrogen and oxygen atoms in total. The second-order valence-corrected chi connectivity index (χ2v) is 14.0. The molecule has 3 aromatic rings. The van der Waals surface area contributed by atoms with Gasteiger partial charge in [-0.15, -0.1) is 10.2 Å². The first-order chi connectivity index (χ1) is 19.2. The van der Waals surface area contributed by atoms with Gasteiger partial charge in [-0.25, -0.2) is 8.42 Å². The van der Waals surface area contributed by atoms with Crippen LogP contribution in [0, 0.1) is 31.1 Å². The van der Waals surface area contributed by atoms with Crippen LogP contribution in [0.25, 0.3) is 0 Å². The zero-order valence-corrected chi connectivity index (χ0v) is 24.3. The van der Waals surface area contributed by atoms with Crippen molar-refractivity contribution >= 4 is 45.1 Å². The number of aromatic nitrogens is 3. The highest BCUT2D eigenvalue weighted by atomic mass is 32.2. The lowest BCUT2D eigenvalue weighted by Gasteiger charge is -2.42. The maximum absolute atomic E-state index is 13.8. The highest BCUT2D eigenvalue weighted by molar-refractivity contribution is 7.99. The van der Waals surface area contributed by atoms with Gasteiger partial charge in [0.1, 0.15) is 11.2 Å². The molecule has 0 amide bonds. The lowest BCUT2D eigenvalue weighted by atomic mass is 9.69. The predicted molar refractivity (Wildman–Crippen MR) is 151 cm³/mol. The number of hydrazone groups is 1. The van der Waals surface area contributed by atoms with E-state index < -0.39 is 19.9 Å². The van der Waals surface area contributed by atoms with E-state index in [2.05, 4.69) is 41.5 Å². The van der Waals surface area contributed by atoms with Gasteiger partial charge in [-0.05, 0) is 47.6 Å². The number of benzene rings is 2. The Kier molecular flexibility index (Phi) is 7.11. The van der Waals surface area contributed by atoms with E-state index in [4.69, 9.17) is 0 Å². The molecular weight excluding hydrogens is 572 g/mol. The first-order valence-corrected chi connectivity index (χ1v) is 14.9. The summed E-state index contributed by atoms with van der Waals surface area (Å²) in [6.07, 6.45) is 4.22. The van der Waals surface area contributed by atoms with E-state index in [1.807, 2.05) is 0 Å². The van der Waals surface area contributed by atoms with Gasteiger partial charge in [0.05, 0.1) is 26.6 Å². The van der Waals surface area contributed by atoms with Crippen LogP contribution in [0.3, 0.4) is 0 Å². The number of nitrogens with one attached hydrogen (secondary N) is 1. The molecule has 1 aliphatic heterocycles. The number of aryl methyl sites for hydroxylation is 1. The molecule has 2 aromatic carbocycles. The van der Waals surface area contributed by atoms with E-state index in [1.54, 1.807) is 23.7 Å². The Labute approximate surface area is 240 Å². The van der Waals surface area contributed by atoms with Crippen molar-refractivity contribution in [2.75, 3.05) is 12.0 Å². The summed E-state index contributed by atoms with van der Waals surface area (Å²) in [5, 5.41) is 35.5. The van der Waals surface area contributed by atoms with Crippen LogP contribution in [-0.4, -0.2) is 56.1 Å². The summed E-state index contributed by atoms with van der Waals surface area (Å²) >= 11 is 1.09. The van der Waals surface area contributed by atoms with Crippen LogP contribution in [0.1, 0.15) is 39.2 Å². The normalized spacial score (nSPS) is 21.9. The highest BCUT2D eigenvalue weighted by Crippen LogP contribution is 2.60. The van der Waals surface area contributed by atoms with E-state index in [9.17, 15) is 28.6 Å². The van der Waals surface area contributed by atoms with Crippen molar-refractivity contribution in [1.29, 1.82) is 0 Å². The van der Waals surface area contributed by atoms with Crippen LogP contribution >= 0.6 is 11.8 Å². The van der Waals surface area contributed by atoms with Crippen LogP contribution in [-0.2, 0) is 17.1 Å². The second-order valence-electron chi connectivity index (χ2n) is 11.2. The predicted octanol–water partition coefficient (Wildman–Crippen LogP) is 4.43. The summed E-state index contributed by atoms with van der Waals surface area (Å²) in [5.74, 6) is 0. The van der Waals surface area contributed by atoms with Crippen LogP contribution in [0.15, 0.2) is 62.8 Å². The van der Waals surface area contributed by atoms with Crippen LogP contribution in [0.4, 0.5) is 17.1 Å². The van der Waals surface area contributed by atoms with Crippen LogP contribution in [0.2, 0.25) is 0 Å². The third kappa shape index (κ3) is 5.17. The van der Waals surface area contributed by atoms with Gasteiger partial charge in [0.15, 0.2) is 5.16 Å². The van der Waals surface area contributed by atoms with Crippen molar-refractivity contribution in [3.8, 4) is 0 Å². The van der Waals surface area contributed by atoms with E-state index in [0.717, 1.165) is 24.2 Å². The van der Waals surface area contributed by atoms with Crippen LogP contribution in [0.5, 0.6) is 0 Å². The molecule has 5 rings (SSSR count). The summed E-state index contributed by atoms with van der Waals surface area (Å²) in [4.78, 5) is 22.2. The fourth-order valence-corrected chi connectivity index (χ4v) is 8.24. The number of non-ortho nitro benzene ring substituents is 1. The van der Waals surface area contributed by atoms with Crippen molar-refractivity contribution in [2.24, 2.45) is 23.0 Å². The van der Waals surface area contributed by atoms with Crippen molar-refractivity contribution in [3.63, 3.8) is 0 Å². The standard InChI is InChI=1S/C25H28N8O6S2/c1-24(2)11-18-12-25(24,3)14-31(18)41(38,39)22-10-17(32(34)35)6-7-19(22)28-26-13-16-5-8-21(20(9-16)33(36)37)40-23-29-27-15-30(23)4/h5-10,13,15,18,28H,11-12,14H2,1-4H3/b26-13-/t18-,25-/m1/s1. The van der Waals surface area contributed by atoms with Gasteiger partial charge >= 0.3 is 0 Å². The van der Waals surface area contributed by atoms with Gasteiger partial charge in [-0.3, -0.25) is 25.7 Å². The van der Waals surface area contributed by atoms with Gasteiger partial charge in [0.25, 0.3) is 11.4 Å². The molecule has 41 heavy (non-hydrogen) atoms. The Morgan fingerprint density at radius 2 is 1.88 bits per heavy atom. The zero-order valence-electron chi connectivity index (χ0n) is 22.7. The minimum atomic E-state index is -4.10. The molecule has 2 atom stereocenters. The number of nitro groups is 2. The molecule has 16 heteroatoms. The Bertz CT molecular complexity index is 1690. The topological polar surface area (TPSA) is 179 Å². The molecule has 0 spiro atoms. The minimum Gasteiger partial charge on any atom is -0.311 e. The molecule has 0 radical (unpaired) electrons. The molecule has 2 fully saturated rings. The third-order valence-corrected chi connectivity index (χ3v) is 11.2. The summed E-state index contributed by atoms with van der Waals surface area (Å²) in [6, 6.07) is 7.84. The molecular formula is C25H28N8O6S2. The van der Waals surface area contributed by atoms with Gasteiger partial charge in [0.2, 0.25) is 10.0 Å². The first kappa shape index (κ1) is 28.6. The second kappa shape index (κ2) is 10.2. The molecule has 0 unspecified atom stereocenters. The number of hydrogen-bond acceptors (Lipinski definition) is 11. The van der Waals surface area contributed by atoms with Crippen molar-refractivity contribution in [3.05, 3.63) is 68.5 Å². The van der Waals surface area contributed by atoms with E-state index in [1.165, 1.54) is 35.0 Å². The summed E-state index contributed by atoms with van der Waals surface area (Å²) in [5.41, 5.74) is 2.36. The Hall–Kier alpha value is -3.89. The summed E-state index contributed by atoms with van der Waals surface area (Å²) < 4.78 is 30.8. The largest absolute Gasteiger partial charge is 0.311 e. The summed E-state index contributed by atoms with van der Waals surface area (Å²) in [7, 11) is -2.38. The molecule has 1 aliphatic carbocycles. The minimum absolute atomic E-state index is 0.0251. The van der Waals surface area contributed by atoms with Crippen molar-refractivity contribution < 1.29 is 18.3 Å². The Morgan fingerprint density at radius 3 is 2.46 bits per heavy atom. The number of anilines is 1. The molecule has 2 aliphatic rings. The fraction of sp³-hybridized carbons (Fsp3) is 0.400. The SMILES string of the molecule is Cn1cnnc1Sc1ccc(/C=N\Nc2ccc([N+](=O)[O-])cc2S(=O)(=O)N2C[C@@]3(C)C[C@H]2CC3(C)C)cc1[N+](=O)[O-]. The number of fused-ring (bicyclic) bond motifs is 2. The number of nitro benzene ring substituents is 2. The van der Waals surface area contributed by atoms with Crippen LogP contribution < -0.4 is 5.43 Å². The van der Waals surface area contributed by atoms with Crippen molar-refractivity contribution in [2.45, 2.75) is 54.6 Å². The number of rotatable bonds is 9. The number of sulfonamides is 1. The van der Waals surface area contributed by atoms with E-state index >= 15 is 0 Å². The number of piperidine rings is 1. The Balaban J connectivity index is 1.42. The van der Waals surface area contributed by atoms with Crippen molar-refractivity contribution in [1.82, 2.24) is 19.1 Å². The summed E-state index contributed by atoms with van der Waals surface area (Å²) in [6.45, 7) is 6.67. The van der Waals surface area contributed by atoms with E-state index in [0.29, 0.717) is 28.6 Å². The third-order valence-electron chi connectivity index (χ3n) is 8.19. The monoisotopic (exact) mass is 600 g/mol. The molecule has 1 aromatic heterocycles. The Morgan fingerprint density at radius 1 is 1.12 bits per heavy atom. The fourth-order valence-electron chi connectivity index (χ4n) is 5.48.